The Balaban J connectivity index is 1.76. The van der Waals surface area contributed by atoms with Crippen molar-refractivity contribution in [1.82, 2.24) is 9.78 Å². The van der Waals surface area contributed by atoms with Gasteiger partial charge in [0.15, 0.2) is 0 Å². The van der Waals surface area contributed by atoms with Crippen LogP contribution >= 0.6 is 0 Å². The Bertz CT molecular complexity index is 815. The number of nitrogens with one attached hydrogen (secondary N) is 1. The molecular formula is C17H19FN4O2. The second-order valence-corrected chi connectivity index (χ2v) is 5.96. The lowest BCUT2D eigenvalue weighted by atomic mass is 9.95. The molecule has 0 bridgehead atoms. The number of hydrogen-bond acceptors (Lipinski definition) is 4. The first-order valence-electron chi connectivity index (χ1n) is 7.79. The number of amides is 1. The molecule has 2 aromatic rings. The number of nitrogens with zero attached hydrogens (tertiary/aromatic N) is 3. The van der Waals surface area contributed by atoms with Crippen LogP contribution in [0.25, 0.3) is 0 Å². The minimum atomic E-state index is -1.19. The van der Waals surface area contributed by atoms with E-state index >= 15 is 0 Å². The Morgan fingerprint density at radius 2 is 2.21 bits per heavy atom. The Morgan fingerprint density at radius 3 is 2.92 bits per heavy atom. The van der Waals surface area contributed by atoms with Crippen LogP contribution in [0.4, 0.5) is 10.2 Å². The lowest BCUT2D eigenvalue weighted by Crippen LogP contribution is -2.40. The normalized spacial score (nSPS) is 19.8. The molecule has 1 aromatic carbocycles. The summed E-state index contributed by atoms with van der Waals surface area (Å²) in [5.41, 5.74) is 0.399. The second-order valence-electron chi connectivity index (χ2n) is 5.96. The van der Waals surface area contributed by atoms with Crippen LogP contribution in [-0.2, 0) is 16.2 Å². The van der Waals surface area contributed by atoms with Crippen LogP contribution in [0.2, 0.25) is 0 Å². The molecule has 0 saturated carbocycles. The van der Waals surface area contributed by atoms with Crippen molar-refractivity contribution in [3.63, 3.8) is 0 Å². The van der Waals surface area contributed by atoms with Gasteiger partial charge in [-0.2, -0.15) is 5.10 Å². The Kier molecular flexibility index (Phi) is 4.09. The highest BCUT2D eigenvalue weighted by molar-refractivity contribution is 6.07. The maximum atomic E-state index is 13.9. The summed E-state index contributed by atoms with van der Waals surface area (Å²) in [7, 11) is 0. The number of aromatic nitrogens is 2. The highest BCUT2D eigenvalue weighted by Gasteiger charge is 2.43. The van der Waals surface area contributed by atoms with Crippen molar-refractivity contribution >= 4 is 17.4 Å². The number of carbonyl (C=O) groups is 1. The summed E-state index contributed by atoms with van der Waals surface area (Å²) >= 11 is 0. The molecule has 0 aliphatic carbocycles. The third kappa shape index (κ3) is 2.89. The second kappa shape index (κ2) is 6.07. The number of oxime groups is 1. The zero-order chi connectivity index (χ0) is 17.3. The predicted molar refractivity (Wildman–Crippen MR) is 88.3 cm³/mol. The van der Waals surface area contributed by atoms with E-state index in [1.54, 1.807) is 35.9 Å². The van der Waals surface area contributed by atoms with Crippen LogP contribution in [0.15, 0.2) is 35.5 Å². The third-order valence-corrected chi connectivity index (χ3v) is 3.97. The molecule has 0 saturated heterocycles. The van der Waals surface area contributed by atoms with Crippen molar-refractivity contribution in [2.75, 3.05) is 5.32 Å². The summed E-state index contributed by atoms with van der Waals surface area (Å²) < 4.78 is 15.6. The number of rotatable bonds is 4. The lowest BCUT2D eigenvalue weighted by molar-refractivity contribution is -0.136. The molecule has 1 amide bonds. The highest BCUT2D eigenvalue weighted by atomic mass is 19.1. The lowest BCUT2D eigenvalue weighted by Gasteiger charge is -2.20. The first-order chi connectivity index (χ1) is 11.4. The first-order valence-corrected chi connectivity index (χ1v) is 7.79. The van der Waals surface area contributed by atoms with Crippen LogP contribution < -0.4 is 5.32 Å². The predicted octanol–water partition coefficient (Wildman–Crippen LogP) is 2.87. The molecule has 24 heavy (non-hydrogen) atoms. The molecule has 0 spiro atoms. The number of carbonyl (C=O) groups excluding carboxylic acids is 1. The monoisotopic (exact) mass is 330 g/mol. The fourth-order valence-electron chi connectivity index (χ4n) is 2.64. The number of aryl methyl sites for hydroxylation is 2. The average molecular weight is 330 g/mol. The quantitative estimate of drug-likeness (QED) is 0.937. The number of hydrogen-bond donors (Lipinski definition) is 1. The van der Waals surface area contributed by atoms with Crippen molar-refractivity contribution in [3.8, 4) is 0 Å². The third-order valence-electron chi connectivity index (χ3n) is 3.97. The molecule has 1 aromatic heterocycles. The van der Waals surface area contributed by atoms with Crippen molar-refractivity contribution < 1.29 is 14.0 Å². The van der Waals surface area contributed by atoms with Gasteiger partial charge in [0, 0.05) is 24.6 Å². The van der Waals surface area contributed by atoms with E-state index in [-0.39, 0.29) is 18.1 Å². The fourth-order valence-corrected chi connectivity index (χ4v) is 2.64. The van der Waals surface area contributed by atoms with E-state index in [1.807, 2.05) is 13.8 Å². The van der Waals surface area contributed by atoms with Gasteiger partial charge in [-0.25, -0.2) is 9.07 Å². The summed E-state index contributed by atoms with van der Waals surface area (Å²) in [5, 5.41) is 11.0. The standard InChI is InChI=1S/C17H19FN4O2/c1-4-22-15(9-11(2)20-22)19-16(23)17(3)10-14(21-24-17)12-7-5-6-8-13(12)18/h5-9H,4,10H2,1-3H3,(H,19,23)/t17-/m1/s1. The van der Waals surface area contributed by atoms with Gasteiger partial charge < -0.3 is 10.2 Å². The maximum Gasteiger partial charge on any atom is 0.272 e. The highest BCUT2D eigenvalue weighted by Crippen LogP contribution is 2.29. The van der Waals surface area contributed by atoms with Gasteiger partial charge in [-0.15, -0.1) is 0 Å². The van der Waals surface area contributed by atoms with Crippen molar-refractivity contribution in [2.45, 2.75) is 39.3 Å². The van der Waals surface area contributed by atoms with Crippen LogP contribution in [0.3, 0.4) is 0 Å². The van der Waals surface area contributed by atoms with E-state index in [0.29, 0.717) is 23.6 Å². The molecule has 1 aliphatic rings. The van der Waals surface area contributed by atoms with Crippen molar-refractivity contribution in [1.29, 1.82) is 0 Å². The molecule has 1 N–H and O–H groups in total. The summed E-state index contributed by atoms with van der Waals surface area (Å²) in [4.78, 5) is 18.0. The van der Waals surface area contributed by atoms with Gasteiger partial charge >= 0.3 is 0 Å². The van der Waals surface area contributed by atoms with Crippen LogP contribution in [0.5, 0.6) is 0 Å². The van der Waals surface area contributed by atoms with Gasteiger partial charge in [0.2, 0.25) is 5.60 Å². The SMILES string of the molecule is CCn1nc(C)cc1NC(=O)[C@@]1(C)CC(c2ccccc2F)=NO1. The van der Waals surface area contributed by atoms with Crippen molar-refractivity contribution in [2.24, 2.45) is 5.16 Å². The Hall–Kier alpha value is -2.70. The molecule has 0 unspecified atom stereocenters. The zero-order valence-corrected chi connectivity index (χ0v) is 13.8. The van der Waals surface area contributed by atoms with Crippen LogP contribution in [0, 0.1) is 12.7 Å². The zero-order valence-electron chi connectivity index (χ0n) is 13.8. The maximum absolute atomic E-state index is 13.9. The van der Waals surface area contributed by atoms with E-state index in [9.17, 15) is 9.18 Å². The van der Waals surface area contributed by atoms with Gasteiger partial charge in [0.05, 0.1) is 11.4 Å². The molecule has 0 radical (unpaired) electrons. The van der Waals surface area contributed by atoms with E-state index < -0.39 is 5.60 Å². The summed E-state index contributed by atoms with van der Waals surface area (Å²) in [6.45, 7) is 6.07. The topological polar surface area (TPSA) is 68.5 Å². The first kappa shape index (κ1) is 16.2. The minimum absolute atomic E-state index is 0.193. The number of anilines is 1. The van der Waals surface area contributed by atoms with Crippen molar-refractivity contribution in [3.05, 3.63) is 47.4 Å². The van der Waals surface area contributed by atoms with Gasteiger partial charge in [-0.3, -0.25) is 4.79 Å². The number of benzene rings is 1. The molecule has 126 valence electrons. The molecular weight excluding hydrogens is 311 g/mol. The van der Waals surface area contributed by atoms with Gasteiger partial charge in [-0.05, 0) is 26.8 Å². The molecule has 3 rings (SSSR count). The fraction of sp³-hybridized carbons (Fsp3) is 0.353. The molecule has 1 atom stereocenters. The molecule has 1 aliphatic heterocycles. The summed E-state index contributed by atoms with van der Waals surface area (Å²) in [6, 6.07) is 8.10. The summed E-state index contributed by atoms with van der Waals surface area (Å²) in [6.07, 6.45) is 0.193. The smallest absolute Gasteiger partial charge is 0.272 e. The molecule has 2 heterocycles. The number of halogens is 1. The van der Waals surface area contributed by atoms with E-state index in [4.69, 9.17) is 4.84 Å². The van der Waals surface area contributed by atoms with E-state index in [1.165, 1.54) is 6.07 Å². The molecule has 0 fully saturated rings. The van der Waals surface area contributed by atoms with Crippen LogP contribution in [-0.4, -0.2) is 27.0 Å². The minimum Gasteiger partial charge on any atom is -0.379 e. The van der Waals surface area contributed by atoms with Gasteiger partial charge in [-0.1, -0.05) is 23.4 Å². The largest absolute Gasteiger partial charge is 0.379 e. The summed E-state index contributed by atoms with van der Waals surface area (Å²) in [5.74, 6) is -0.124. The molecule has 6 nitrogen and oxygen atoms in total. The average Bonchev–Trinajstić information content (AvgIpc) is 3.11. The Labute approximate surface area is 139 Å². The van der Waals surface area contributed by atoms with E-state index in [0.717, 1.165) is 5.69 Å². The van der Waals surface area contributed by atoms with Crippen LogP contribution in [0.1, 0.15) is 31.5 Å². The van der Waals surface area contributed by atoms with E-state index in [2.05, 4.69) is 15.6 Å². The Morgan fingerprint density at radius 1 is 1.46 bits per heavy atom. The van der Waals surface area contributed by atoms with Gasteiger partial charge in [0.25, 0.3) is 5.91 Å². The van der Waals surface area contributed by atoms with Gasteiger partial charge in [0.1, 0.15) is 11.6 Å². The molecule has 7 heteroatoms.